The normalized spacial score (nSPS) is 28.5. The second kappa shape index (κ2) is 7.01. The van der Waals surface area contributed by atoms with Gasteiger partial charge in [-0.3, -0.25) is 4.84 Å². The summed E-state index contributed by atoms with van der Waals surface area (Å²) in [6.45, 7) is 0.664. The first kappa shape index (κ1) is 17.7. The van der Waals surface area contributed by atoms with Crippen molar-refractivity contribution in [3.63, 3.8) is 0 Å². The molecule has 0 spiro atoms. The van der Waals surface area contributed by atoms with Crippen LogP contribution in [0.1, 0.15) is 24.4 Å². The van der Waals surface area contributed by atoms with E-state index in [9.17, 15) is 17.2 Å². The van der Waals surface area contributed by atoms with Crippen LogP contribution in [0.5, 0.6) is 0 Å². The van der Waals surface area contributed by atoms with E-state index < -0.39 is 32.9 Å². The van der Waals surface area contributed by atoms with Crippen LogP contribution in [0.4, 0.5) is 8.78 Å². The lowest BCUT2D eigenvalue weighted by molar-refractivity contribution is -0.111. The van der Waals surface area contributed by atoms with E-state index in [2.05, 4.69) is 4.72 Å². The Morgan fingerprint density at radius 2 is 2.17 bits per heavy atom. The Hall–Kier alpha value is -1.13. The molecular formula is C15H20F2N2O4S. The molecule has 2 saturated heterocycles. The number of nitrogens with one attached hydrogen (secondary N) is 1. The first-order valence-electron chi connectivity index (χ1n) is 7.79. The molecule has 134 valence electrons. The zero-order chi connectivity index (χ0) is 17.3. The molecule has 2 aliphatic rings. The van der Waals surface area contributed by atoms with E-state index in [0.29, 0.717) is 6.61 Å². The first-order chi connectivity index (χ1) is 11.4. The minimum atomic E-state index is -3.79. The fraction of sp³-hybridized carbons (Fsp3) is 0.600. The number of nitrogens with zero attached hydrogens (tertiary/aromatic N) is 1. The second-order valence-electron chi connectivity index (χ2n) is 6.02. The summed E-state index contributed by atoms with van der Waals surface area (Å²) in [7, 11) is -2.29. The number of sulfonamides is 1. The second-order valence-corrected chi connectivity index (χ2v) is 8.00. The van der Waals surface area contributed by atoms with Crippen molar-refractivity contribution in [2.45, 2.75) is 30.2 Å². The minimum Gasteiger partial charge on any atom is -0.377 e. The van der Waals surface area contributed by atoms with Gasteiger partial charge in [-0.2, -0.15) is 5.06 Å². The lowest BCUT2D eigenvalue weighted by Gasteiger charge is -2.24. The van der Waals surface area contributed by atoms with Crippen LogP contribution < -0.4 is 4.72 Å². The Morgan fingerprint density at radius 1 is 1.38 bits per heavy atom. The molecule has 2 aliphatic heterocycles. The molecule has 0 aliphatic carbocycles. The topological polar surface area (TPSA) is 67.9 Å². The maximum Gasteiger partial charge on any atom is 0.218 e. The van der Waals surface area contributed by atoms with Crippen LogP contribution in [0, 0.1) is 11.6 Å². The number of halogens is 2. The smallest absolute Gasteiger partial charge is 0.218 e. The van der Waals surface area contributed by atoms with Crippen molar-refractivity contribution in [2.75, 3.05) is 26.8 Å². The SMILES string of the molecule is CN1OCC(S(=O)(=O)NCC2CCCO2)C1c1cc(F)ccc1F. The molecule has 1 N–H and O–H groups in total. The molecule has 0 aromatic heterocycles. The van der Waals surface area contributed by atoms with Gasteiger partial charge in [0.1, 0.15) is 16.9 Å². The van der Waals surface area contributed by atoms with Crippen molar-refractivity contribution in [3.8, 4) is 0 Å². The van der Waals surface area contributed by atoms with Crippen molar-refractivity contribution in [2.24, 2.45) is 0 Å². The van der Waals surface area contributed by atoms with E-state index in [-0.39, 0.29) is 24.8 Å². The largest absolute Gasteiger partial charge is 0.377 e. The van der Waals surface area contributed by atoms with E-state index in [1.54, 1.807) is 0 Å². The summed E-state index contributed by atoms with van der Waals surface area (Å²) in [5.74, 6) is -1.30. The molecular weight excluding hydrogens is 342 g/mol. The van der Waals surface area contributed by atoms with E-state index in [0.717, 1.165) is 31.0 Å². The molecule has 2 fully saturated rings. The molecule has 1 aromatic rings. The van der Waals surface area contributed by atoms with Gasteiger partial charge in [0.25, 0.3) is 0 Å². The van der Waals surface area contributed by atoms with Gasteiger partial charge in [0.15, 0.2) is 0 Å². The van der Waals surface area contributed by atoms with Crippen LogP contribution in [-0.4, -0.2) is 51.6 Å². The van der Waals surface area contributed by atoms with E-state index >= 15 is 0 Å². The van der Waals surface area contributed by atoms with E-state index in [1.165, 1.54) is 12.1 Å². The molecule has 1 aromatic carbocycles. The zero-order valence-electron chi connectivity index (χ0n) is 13.2. The van der Waals surface area contributed by atoms with Gasteiger partial charge in [-0.1, -0.05) is 0 Å². The molecule has 24 heavy (non-hydrogen) atoms. The van der Waals surface area contributed by atoms with Crippen molar-refractivity contribution >= 4 is 10.0 Å². The standard InChI is InChI=1S/C15H20F2N2O4S/c1-19-15(12-7-10(16)4-5-13(12)17)14(9-23-19)24(20,21)18-8-11-3-2-6-22-11/h4-5,7,11,14-15,18H,2-3,6,8-9H2,1H3. The highest BCUT2D eigenvalue weighted by Gasteiger charge is 2.44. The molecule has 9 heteroatoms. The number of benzene rings is 1. The number of ether oxygens (including phenoxy) is 1. The predicted octanol–water partition coefficient (Wildman–Crippen LogP) is 1.35. The van der Waals surface area contributed by atoms with E-state index in [4.69, 9.17) is 9.57 Å². The van der Waals surface area contributed by atoms with Crippen molar-refractivity contribution in [1.29, 1.82) is 0 Å². The summed E-state index contributed by atoms with van der Waals surface area (Å²) in [5, 5.41) is 0.216. The maximum absolute atomic E-state index is 14.1. The zero-order valence-corrected chi connectivity index (χ0v) is 14.1. The quantitative estimate of drug-likeness (QED) is 0.856. The van der Waals surface area contributed by atoms with Gasteiger partial charge >= 0.3 is 0 Å². The Morgan fingerprint density at radius 3 is 2.88 bits per heavy atom. The lowest BCUT2D eigenvalue weighted by atomic mass is 10.0. The van der Waals surface area contributed by atoms with Gasteiger partial charge in [0.2, 0.25) is 10.0 Å². The Labute approximate surface area is 139 Å². The summed E-state index contributed by atoms with van der Waals surface area (Å²) in [4.78, 5) is 5.28. The molecule has 3 rings (SSSR count). The van der Waals surface area contributed by atoms with Crippen LogP contribution in [0.3, 0.4) is 0 Å². The lowest BCUT2D eigenvalue weighted by Crippen LogP contribution is -2.42. The number of hydroxylamine groups is 2. The fourth-order valence-electron chi connectivity index (χ4n) is 3.11. The van der Waals surface area contributed by atoms with Crippen molar-refractivity contribution in [3.05, 3.63) is 35.4 Å². The Bertz CT molecular complexity index is 695. The van der Waals surface area contributed by atoms with E-state index in [1.807, 2.05) is 0 Å². The first-order valence-corrected chi connectivity index (χ1v) is 9.34. The number of hydrogen-bond acceptors (Lipinski definition) is 5. The molecule has 6 nitrogen and oxygen atoms in total. The van der Waals surface area contributed by atoms with Crippen LogP contribution in [0.2, 0.25) is 0 Å². The van der Waals surface area contributed by atoms with Gasteiger partial charge in [-0.05, 0) is 31.0 Å². The van der Waals surface area contributed by atoms with Gasteiger partial charge in [0, 0.05) is 25.8 Å². The summed E-state index contributed by atoms with van der Waals surface area (Å²) in [6, 6.07) is 2.06. The van der Waals surface area contributed by atoms with Crippen LogP contribution in [0.25, 0.3) is 0 Å². The molecule has 0 amide bonds. The van der Waals surface area contributed by atoms with Gasteiger partial charge in [-0.15, -0.1) is 0 Å². The average Bonchev–Trinajstić information content (AvgIpc) is 3.17. The summed E-state index contributed by atoms with van der Waals surface area (Å²) in [5.41, 5.74) is -0.0394. The predicted molar refractivity (Wildman–Crippen MR) is 82.5 cm³/mol. The van der Waals surface area contributed by atoms with Crippen molar-refractivity contribution < 1.29 is 26.8 Å². The fourth-order valence-corrected chi connectivity index (χ4v) is 4.64. The third kappa shape index (κ3) is 3.60. The minimum absolute atomic E-state index is 0.0394. The third-order valence-corrected chi connectivity index (χ3v) is 6.16. The number of rotatable bonds is 5. The molecule has 0 radical (unpaired) electrons. The average molecular weight is 362 g/mol. The molecule has 3 atom stereocenters. The maximum atomic E-state index is 14.1. The van der Waals surface area contributed by atoms with Crippen LogP contribution in [0.15, 0.2) is 18.2 Å². The summed E-state index contributed by atoms with van der Waals surface area (Å²) in [6.07, 6.45) is 1.55. The monoisotopic (exact) mass is 362 g/mol. The highest BCUT2D eigenvalue weighted by atomic mass is 32.2. The molecule has 2 heterocycles. The number of hydrogen-bond donors (Lipinski definition) is 1. The van der Waals surface area contributed by atoms with Crippen LogP contribution in [-0.2, 0) is 19.6 Å². The van der Waals surface area contributed by atoms with Crippen molar-refractivity contribution in [1.82, 2.24) is 9.79 Å². The van der Waals surface area contributed by atoms with Crippen LogP contribution >= 0.6 is 0 Å². The van der Waals surface area contributed by atoms with Gasteiger partial charge in [0.05, 0.1) is 18.8 Å². The third-order valence-electron chi connectivity index (χ3n) is 4.40. The highest BCUT2D eigenvalue weighted by Crippen LogP contribution is 2.35. The molecule has 0 bridgehead atoms. The molecule has 0 saturated carbocycles. The van der Waals surface area contributed by atoms with Gasteiger partial charge < -0.3 is 4.74 Å². The highest BCUT2D eigenvalue weighted by molar-refractivity contribution is 7.90. The Balaban J connectivity index is 1.81. The summed E-state index contributed by atoms with van der Waals surface area (Å²) < 4.78 is 60.8. The Kier molecular flexibility index (Phi) is 5.16. The van der Waals surface area contributed by atoms with Gasteiger partial charge in [-0.25, -0.2) is 21.9 Å². The summed E-state index contributed by atoms with van der Waals surface area (Å²) >= 11 is 0. The molecule has 3 unspecified atom stereocenters.